The summed E-state index contributed by atoms with van der Waals surface area (Å²) < 4.78 is 8.02. The Morgan fingerprint density at radius 2 is 2.35 bits per heavy atom. The number of halogens is 1. The van der Waals surface area contributed by atoms with Gasteiger partial charge in [-0.15, -0.1) is 0 Å². The van der Waals surface area contributed by atoms with Gasteiger partial charge >= 0.3 is 6.09 Å². The number of hydrogen-bond donors (Lipinski definition) is 2. The summed E-state index contributed by atoms with van der Waals surface area (Å²) in [7, 11) is 1.60. The maximum Gasteiger partial charge on any atom is 0.405 e. The van der Waals surface area contributed by atoms with Gasteiger partial charge in [-0.05, 0) is 24.6 Å². The van der Waals surface area contributed by atoms with Crippen molar-refractivity contribution in [3.8, 4) is 0 Å². The van der Waals surface area contributed by atoms with Crippen molar-refractivity contribution >= 4 is 33.1 Å². The number of carbonyl (C=O) groups is 1. The fraction of sp³-hybridized carbons (Fsp3) is 0.385. The Bertz CT molecular complexity index is 627. The summed E-state index contributed by atoms with van der Waals surface area (Å²) in [5, 5.41) is 11.4. The summed E-state index contributed by atoms with van der Waals surface area (Å²) in [5.41, 5.74) is 1.72. The molecule has 0 saturated carbocycles. The van der Waals surface area contributed by atoms with Crippen molar-refractivity contribution in [2.75, 3.05) is 7.11 Å². The molecule has 1 atom stereocenters. The molecule has 1 aromatic carbocycles. The first-order valence-electron chi connectivity index (χ1n) is 6.21. The quantitative estimate of drug-likeness (QED) is 0.875. The van der Waals surface area contributed by atoms with Crippen LogP contribution in [-0.4, -0.2) is 27.9 Å². The molecular formula is C13H16BrN3O3. The van der Waals surface area contributed by atoms with Gasteiger partial charge in [0, 0.05) is 11.6 Å². The second kappa shape index (κ2) is 6.23. The molecule has 1 heterocycles. The van der Waals surface area contributed by atoms with E-state index in [1.54, 1.807) is 7.11 Å². The van der Waals surface area contributed by atoms with E-state index in [0.717, 1.165) is 15.5 Å². The number of rotatable bonds is 5. The van der Waals surface area contributed by atoms with Gasteiger partial charge in [0.2, 0.25) is 0 Å². The van der Waals surface area contributed by atoms with Gasteiger partial charge in [0.05, 0.1) is 17.1 Å². The maximum absolute atomic E-state index is 10.9. The van der Waals surface area contributed by atoms with Crippen molar-refractivity contribution < 1.29 is 14.6 Å². The lowest BCUT2D eigenvalue weighted by atomic mass is 10.2. The highest BCUT2D eigenvalue weighted by atomic mass is 79.9. The largest absolute Gasteiger partial charge is 0.465 e. The summed E-state index contributed by atoms with van der Waals surface area (Å²) in [6.07, 6.45) is -0.449. The second-order valence-corrected chi connectivity index (χ2v) is 5.27. The van der Waals surface area contributed by atoms with Crippen molar-refractivity contribution in [1.82, 2.24) is 14.9 Å². The Hall–Kier alpha value is -1.60. The lowest BCUT2D eigenvalue weighted by molar-refractivity contribution is 0.129. The lowest BCUT2D eigenvalue weighted by Crippen LogP contribution is -2.28. The molecule has 0 saturated heterocycles. The van der Waals surface area contributed by atoms with Crippen LogP contribution in [0, 0.1) is 0 Å². The number of benzene rings is 1. The number of methoxy groups -OCH3 is 1. The number of fused-ring (bicyclic) bond motifs is 1. The highest BCUT2D eigenvalue weighted by molar-refractivity contribution is 9.10. The van der Waals surface area contributed by atoms with Gasteiger partial charge in [-0.1, -0.05) is 22.9 Å². The van der Waals surface area contributed by atoms with Crippen molar-refractivity contribution in [2.24, 2.45) is 0 Å². The van der Waals surface area contributed by atoms with E-state index in [1.807, 2.05) is 29.7 Å². The standard InChI is InChI=1S/C13H16BrN3O3/c1-3-9(16-13(18)19)12-15-10-5-4-8(14)6-11(10)17(12)7-20-2/h4-6,9,16H,3,7H2,1-2H3,(H,18,19). The fourth-order valence-corrected chi connectivity index (χ4v) is 2.49. The topological polar surface area (TPSA) is 76.4 Å². The molecule has 0 aliphatic carbocycles. The summed E-state index contributed by atoms with van der Waals surface area (Å²) in [5.74, 6) is 0.657. The maximum atomic E-state index is 10.9. The smallest absolute Gasteiger partial charge is 0.405 e. The number of amides is 1. The Balaban J connectivity index is 2.55. The van der Waals surface area contributed by atoms with Gasteiger partial charge < -0.3 is 19.7 Å². The van der Waals surface area contributed by atoms with E-state index in [0.29, 0.717) is 19.0 Å². The monoisotopic (exact) mass is 341 g/mol. The van der Waals surface area contributed by atoms with E-state index < -0.39 is 6.09 Å². The first-order valence-corrected chi connectivity index (χ1v) is 7.00. The first-order chi connectivity index (χ1) is 9.56. The summed E-state index contributed by atoms with van der Waals surface area (Å²) >= 11 is 3.43. The van der Waals surface area contributed by atoms with E-state index >= 15 is 0 Å². The van der Waals surface area contributed by atoms with Crippen LogP contribution in [0.5, 0.6) is 0 Å². The van der Waals surface area contributed by atoms with Crippen LogP contribution < -0.4 is 5.32 Å². The van der Waals surface area contributed by atoms with Crippen LogP contribution in [0.4, 0.5) is 4.79 Å². The van der Waals surface area contributed by atoms with E-state index in [1.165, 1.54) is 0 Å². The summed E-state index contributed by atoms with van der Waals surface area (Å²) in [4.78, 5) is 15.4. The number of aromatic nitrogens is 2. The molecule has 0 spiro atoms. The molecule has 7 heteroatoms. The summed E-state index contributed by atoms with van der Waals surface area (Å²) in [6.45, 7) is 2.23. The molecule has 6 nitrogen and oxygen atoms in total. The Morgan fingerprint density at radius 3 is 2.95 bits per heavy atom. The number of hydrogen-bond acceptors (Lipinski definition) is 3. The molecule has 1 aromatic heterocycles. The average Bonchev–Trinajstić information content (AvgIpc) is 2.75. The zero-order valence-electron chi connectivity index (χ0n) is 11.3. The van der Waals surface area contributed by atoms with Gasteiger partial charge in [-0.25, -0.2) is 9.78 Å². The van der Waals surface area contributed by atoms with Crippen LogP contribution in [0.3, 0.4) is 0 Å². The molecule has 0 bridgehead atoms. The number of imidazole rings is 1. The van der Waals surface area contributed by atoms with Gasteiger partial charge in [-0.3, -0.25) is 0 Å². The third kappa shape index (κ3) is 2.94. The van der Waals surface area contributed by atoms with Crippen molar-refractivity contribution in [2.45, 2.75) is 26.1 Å². The predicted octanol–water partition coefficient (Wildman–Crippen LogP) is 3.12. The van der Waals surface area contributed by atoms with Crippen LogP contribution in [0.15, 0.2) is 22.7 Å². The minimum absolute atomic E-state index is 0.320. The SMILES string of the molecule is CCC(NC(=O)O)c1nc2ccc(Br)cc2n1COC. The highest BCUT2D eigenvalue weighted by Gasteiger charge is 2.20. The Labute approximate surface area is 124 Å². The molecule has 0 aliphatic rings. The number of carboxylic acid groups (broad SMARTS) is 1. The van der Waals surface area contributed by atoms with Crippen LogP contribution >= 0.6 is 15.9 Å². The summed E-state index contributed by atoms with van der Waals surface area (Å²) in [6, 6.07) is 5.37. The van der Waals surface area contributed by atoms with Crippen molar-refractivity contribution in [1.29, 1.82) is 0 Å². The molecule has 1 amide bonds. The highest BCUT2D eigenvalue weighted by Crippen LogP contribution is 2.25. The number of ether oxygens (including phenoxy) is 1. The molecule has 0 fully saturated rings. The molecule has 2 rings (SSSR count). The van der Waals surface area contributed by atoms with Crippen LogP contribution in [0.25, 0.3) is 11.0 Å². The predicted molar refractivity (Wildman–Crippen MR) is 78.6 cm³/mol. The van der Waals surface area contributed by atoms with Crippen LogP contribution in [0.2, 0.25) is 0 Å². The molecule has 1 unspecified atom stereocenters. The molecule has 108 valence electrons. The molecule has 0 radical (unpaired) electrons. The average molecular weight is 342 g/mol. The van der Waals surface area contributed by atoms with E-state index in [2.05, 4.69) is 26.2 Å². The second-order valence-electron chi connectivity index (χ2n) is 4.36. The number of nitrogens with zero attached hydrogens (tertiary/aromatic N) is 2. The molecular weight excluding hydrogens is 326 g/mol. The molecule has 20 heavy (non-hydrogen) atoms. The van der Waals surface area contributed by atoms with E-state index in [4.69, 9.17) is 9.84 Å². The Kier molecular flexibility index (Phi) is 4.61. The zero-order chi connectivity index (χ0) is 14.7. The first kappa shape index (κ1) is 14.8. The minimum atomic E-state index is -1.06. The fourth-order valence-electron chi connectivity index (χ4n) is 2.14. The molecule has 2 aromatic rings. The Morgan fingerprint density at radius 1 is 1.60 bits per heavy atom. The van der Waals surface area contributed by atoms with Gasteiger partial charge in [0.1, 0.15) is 12.6 Å². The zero-order valence-corrected chi connectivity index (χ0v) is 12.8. The van der Waals surface area contributed by atoms with Crippen LogP contribution in [0.1, 0.15) is 25.2 Å². The normalized spacial score (nSPS) is 12.6. The molecule has 2 N–H and O–H groups in total. The van der Waals surface area contributed by atoms with Gasteiger partial charge in [0.15, 0.2) is 0 Å². The van der Waals surface area contributed by atoms with E-state index in [9.17, 15) is 4.79 Å². The third-order valence-corrected chi connectivity index (χ3v) is 3.51. The molecule has 0 aliphatic heterocycles. The van der Waals surface area contributed by atoms with Gasteiger partial charge in [0.25, 0.3) is 0 Å². The van der Waals surface area contributed by atoms with E-state index in [-0.39, 0.29) is 6.04 Å². The number of nitrogens with one attached hydrogen (secondary N) is 1. The van der Waals surface area contributed by atoms with Crippen LogP contribution in [-0.2, 0) is 11.5 Å². The third-order valence-electron chi connectivity index (χ3n) is 3.02. The lowest BCUT2D eigenvalue weighted by Gasteiger charge is -2.16. The van der Waals surface area contributed by atoms with Gasteiger partial charge in [-0.2, -0.15) is 0 Å². The van der Waals surface area contributed by atoms with Crippen molar-refractivity contribution in [3.63, 3.8) is 0 Å². The van der Waals surface area contributed by atoms with Crippen molar-refractivity contribution in [3.05, 3.63) is 28.5 Å². The minimum Gasteiger partial charge on any atom is -0.465 e.